The van der Waals surface area contributed by atoms with Crippen LogP contribution in [0.4, 0.5) is 0 Å². The maximum absolute atomic E-state index is 11.9. The van der Waals surface area contributed by atoms with Crippen molar-refractivity contribution in [1.29, 1.82) is 5.26 Å². The Bertz CT molecular complexity index is 794. The van der Waals surface area contributed by atoms with Gasteiger partial charge in [-0.15, -0.1) is 0 Å². The quantitative estimate of drug-likeness (QED) is 0.568. The number of aryl methyl sites for hydroxylation is 1. The standard InChI is InChI=1S/C17H17Cl2N3O2/c1-11-14(10-17(23)24-8-4-3-7-20)12(2)22(21-11)13-5-6-15(18)16(19)9-13/h5-6,9H,3-4,8,10H2,1-2H3. The Morgan fingerprint density at radius 3 is 2.75 bits per heavy atom. The topological polar surface area (TPSA) is 67.9 Å². The summed E-state index contributed by atoms with van der Waals surface area (Å²) in [5.41, 5.74) is 3.21. The number of hydrogen-bond donors (Lipinski definition) is 0. The summed E-state index contributed by atoms with van der Waals surface area (Å²) in [5.74, 6) is -0.326. The van der Waals surface area contributed by atoms with Crippen molar-refractivity contribution in [2.45, 2.75) is 33.1 Å². The Balaban J connectivity index is 2.15. The molecule has 24 heavy (non-hydrogen) atoms. The van der Waals surface area contributed by atoms with Crippen LogP contribution in [0, 0.1) is 25.2 Å². The molecule has 0 N–H and O–H groups in total. The van der Waals surface area contributed by atoms with Gasteiger partial charge in [0.25, 0.3) is 0 Å². The normalized spacial score (nSPS) is 10.5. The minimum atomic E-state index is -0.326. The molecule has 1 heterocycles. The highest BCUT2D eigenvalue weighted by atomic mass is 35.5. The van der Waals surface area contributed by atoms with Crippen LogP contribution in [-0.4, -0.2) is 22.4 Å². The number of nitrogens with zero attached hydrogens (tertiary/aromatic N) is 3. The van der Waals surface area contributed by atoms with Crippen molar-refractivity contribution in [2.75, 3.05) is 6.61 Å². The van der Waals surface area contributed by atoms with Crippen LogP contribution >= 0.6 is 23.2 Å². The van der Waals surface area contributed by atoms with Gasteiger partial charge in [0.15, 0.2) is 0 Å². The van der Waals surface area contributed by atoms with Gasteiger partial charge in [0, 0.05) is 17.7 Å². The zero-order chi connectivity index (χ0) is 17.7. The van der Waals surface area contributed by atoms with Crippen LogP contribution in [0.25, 0.3) is 5.69 Å². The van der Waals surface area contributed by atoms with Crippen molar-refractivity contribution in [3.63, 3.8) is 0 Å². The number of esters is 1. The number of hydrogen-bond acceptors (Lipinski definition) is 4. The Kier molecular flexibility index (Phi) is 6.24. The van der Waals surface area contributed by atoms with E-state index >= 15 is 0 Å². The van der Waals surface area contributed by atoms with Gasteiger partial charge in [-0.2, -0.15) is 10.4 Å². The third kappa shape index (κ3) is 4.28. The summed E-state index contributed by atoms with van der Waals surface area (Å²) in [6.45, 7) is 3.99. The molecule has 2 rings (SSSR count). The Morgan fingerprint density at radius 2 is 2.08 bits per heavy atom. The van der Waals surface area contributed by atoms with E-state index in [4.69, 9.17) is 33.2 Å². The number of aromatic nitrogens is 2. The first-order valence-electron chi connectivity index (χ1n) is 7.47. The van der Waals surface area contributed by atoms with Gasteiger partial charge >= 0.3 is 5.97 Å². The smallest absolute Gasteiger partial charge is 0.310 e. The highest BCUT2D eigenvalue weighted by molar-refractivity contribution is 6.42. The van der Waals surface area contributed by atoms with Crippen molar-refractivity contribution >= 4 is 29.2 Å². The third-order valence-electron chi connectivity index (χ3n) is 3.61. The lowest BCUT2D eigenvalue weighted by molar-refractivity contribution is -0.142. The van der Waals surface area contributed by atoms with E-state index in [1.54, 1.807) is 16.8 Å². The molecular weight excluding hydrogens is 349 g/mol. The molecule has 126 valence electrons. The maximum atomic E-state index is 11.9. The molecule has 0 aliphatic rings. The summed E-state index contributed by atoms with van der Waals surface area (Å²) in [6.07, 6.45) is 1.06. The molecule has 0 aliphatic carbocycles. The summed E-state index contributed by atoms with van der Waals surface area (Å²) in [6, 6.07) is 7.27. The third-order valence-corrected chi connectivity index (χ3v) is 4.35. The van der Waals surface area contributed by atoms with Crippen LogP contribution < -0.4 is 0 Å². The molecule has 0 radical (unpaired) electrons. The van der Waals surface area contributed by atoms with Gasteiger partial charge in [-0.05, 0) is 38.5 Å². The Labute approximate surface area is 150 Å². The summed E-state index contributed by atoms with van der Waals surface area (Å²) in [7, 11) is 0. The molecule has 0 saturated heterocycles. The lowest BCUT2D eigenvalue weighted by Crippen LogP contribution is -2.10. The number of halogens is 2. The van der Waals surface area contributed by atoms with Crippen molar-refractivity contribution in [3.05, 3.63) is 45.2 Å². The Morgan fingerprint density at radius 1 is 1.33 bits per heavy atom. The van der Waals surface area contributed by atoms with E-state index in [1.165, 1.54) is 0 Å². The first-order valence-corrected chi connectivity index (χ1v) is 8.22. The minimum Gasteiger partial charge on any atom is -0.465 e. The van der Waals surface area contributed by atoms with Gasteiger partial charge in [0.05, 0.1) is 40.5 Å². The minimum absolute atomic E-state index is 0.144. The van der Waals surface area contributed by atoms with E-state index in [-0.39, 0.29) is 19.0 Å². The SMILES string of the molecule is Cc1nn(-c2ccc(Cl)c(Cl)c2)c(C)c1CC(=O)OCCCC#N. The fourth-order valence-electron chi connectivity index (χ4n) is 2.33. The van der Waals surface area contributed by atoms with E-state index in [0.29, 0.717) is 22.9 Å². The van der Waals surface area contributed by atoms with E-state index in [2.05, 4.69) is 5.10 Å². The molecule has 1 aromatic heterocycles. The second kappa shape index (κ2) is 8.18. The first kappa shape index (κ1) is 18.3. The summed E-state index contributed by atoms with van der Waals surface area (Å²) < 4.78 is 6.87. The zero-order valence-corrected chi connectivity index (χ0v) is 15.0. The number of benzene rings is 1. The lowest BCUT2D eigenvalue weighted by Gasteiger charge is -2.07. The van der Waals surface area contributed by atoms with Crippen LogP contribution in [0.15, 0.2) is 18.2 Å². The predicted molar refractivity (Wildman–Crippen MR) is 92.6 cm³/mol. The second-order valence-electron chi connectivity index (χ2n) is 5.32. The van der Waals surface area contributed by atoms with Crippen LogP contribution in [0.1, 0.15) is 29.8 Å². The molecule has 0 spiro atoms. The van der Waals surface area contributed by atoms with Gasteiger partial charge in [-0.3, -0.25) is 4.79 Å². The summed E-state index contributed by atoms with van der Waals surface area (Å²) in [5, 5.41) is 13.9. The fraction of sp³-hybridized carbons (Fsp3) is 0.353. The van der Waals surface area contributed by atoms with E-state index in [1.807, 2.05) is 26.0 Å². The molecule has 0 fully saturated rings. The van der Waals surface area contributed by atoms with Crippen LogP contribution in [0.5, 0.6) is 0 Å². The van der Waals surface area contributed by atoms with Crippen LogP contribution in [0.2, 0.25) is 10.0 Å². The molecule has 0 aliphatic heterocycles. The molecule has 1 aromatic carbocycles. The zero-order valence-electron chi connectivity index (χ0n) is 13.5. The molecule has 0 unspecified atom stereocenters. The summed E-state index contributed by atoms with van der Waals surface area (Å²) in [4.78, 5) is 11.9. The number of ether oxygens (including phenoxy) is 1. The second-order valence-corrected chi connectivity index (χ2v) is 6.13. The molecule has 0 saturated carbocycles. The predicted octanol–water partition coefficient (Wildman–Crippen LogP) is 4.19. The number of unbranched alkanes of at least 4 members (excludes halogenated alkanes) is 1. The molecule has 0 atom stereocenters. The van der Waals surface area contributed by atoms with Crippen LogP contribution in [-0.2, 0) is 16.0 Å². The van der Waals surface area contributed by atoms with E-state index in [9.17, 15) is 4.79 Å². The largest absolute Gasteiger partial charge is 0.465 e. The monoisotopic (exact) mass is 365 g/mol. The first-order chi connectivity index (χ1) is 11.4. The van der Waals surface area contributed by atoms with Gasteiger partial charge in [0.1, 0.15) is 0 Å². The molecule has 0 bridgehead atoms. The molecule has 2 aromatic rings. The number of rotatable bonds is 6. The molecule has 7 heteroatoms. The average Bonchev–Trinajstić information content (AvgIpc) is 2.82. The highest BCUT2D eigenvalue weighted by Crippen LogP contribution is 2.26. The van der Waals surface area contributed by atoms with Gasteiger partial charge in [0.2, 0.25) is 0 Å². The highest BCUT2D eigenvalue weighted by Gasteiger charge is 2.17. The van der Waals surface area contributed by atoms with Gasteiger partial charge < -0.3 is 4.74 Å². The maximum Gasteiger partial charge on any atom is 0.310 e. The molecule has 5 nitrogen and oxygen atoms in total. The van der Waals surface area contributed by atoms with Gasteiger partial charge in [-0.1, -0.05) is 23.2 Å². The van der Waals surface area contributed by atoms with Crippen molar-refractivity contribution in [3.8, 4) is 11.8 Å². The van der Waals surface area contributed by atoms with E-state index in [0.717, 1.165) is 22.6 Å². The van der Waals surface area contributed by atoms with Crippen molar-refractivity contribution in [1.82, 2.24) is 9.78 Å². The van der Waals surface area contributed by atoms with Crippen LogP contribution in [0.3, 0.4) is 0 Å². The summed E-state index contributed by atoms with van der Waals surface area (Å²) >= 11 is 12.0. The molecular formula is C17H17Cl2N3O2. The molecule has 0 amide bonds. The van der Waals surface area contributed by atoms with E-state index < -0.39 is 0 Å². The number of nitriles is 1. The average molecular weight is 366 g/mol. The fourth-order valence-corrected chi connectivity index (χ4v) is 2.62. The van der Waals surface area contributed by atoms with Gasteiger partial charge in [-0.25, -0.2) is 4.68 Å². The Hall–Kier alpha value is -2.03. The number of carbonyl (C=O) groups excluding carboxylic acids is 1. The van der Waals surface area contributed by atoms with Crippen molar-refractivity contribution < 1.29 is 9.53 Å². The lowest BCUT2D eigenvalue weighted by atomic mass is 10.1. The number of carbonyl (C=O) groups is 1. The van der Waals surface area contributed by atoms with Crippen molar-refractivity contribution in [2.24, 2.45) is 0 Å².